The van der Waals surface area contributed by atoms with E-state index in [0.29, 0.717) is 11.7 Å². The van der Waals surface area contributed by atoms with E-state index in [-0.39, 0.29) is 0 Å². The third kappa shape index (κ3) is 3.96. The zero-order valence-corrected chi connectivity index (χ0v) is 15.6. The molecule has 2 atom stereocenters. The minimum absolute atomic E-state index is 0.358. The lowest BCUT2D eigenvalue weighted by atomic mass is 9.80. The molecule has 0 saturated heterocycles. The molecule has 1 heterocycles. The summed E-state index contributed by atoms with van der Waals surface area (Å²) >= 11 is 0. The van der Waals surface area contributed by atoms with E-state index in [4.69, 9.17) is 0 Å². The predicted molar refractivity (Wildman–Crippen MR) is 103 cm³/mol. The first kappa shape index (κ1) is 17.4. The van der Waals surface area contributed by atoms with E-state index in [1.165, 1.54) is 56.0 Å². The van der Waals surface area contributed by atoms with E-state index >= 15 is 0 Å². The normalized spacial score (nSPS) is 18.9. The van der Waals surface area contributed by atoms with Crippen molar-refractivity contribution in [2.45, 2.75) is 78.1 Å². The zero-order chi connectivity index (χ0) is 17.1. The van der Waals surface area contributed by atoms with Crippen LogP contribution in [0.15, 0.2) is 18.2 Å². The fraction of sp³-hybridized carbons (Fsp3) is 0.636. The molecular weight excluding hydrogens is 294 g/mol. The van der Waals surface area contributed by atoms with Crippen LogP contribution in [0.2, 0.25) is 0 Å². The van der Waals surface area contributed by atoms with Crippen molar-refractivity contribution in [2.24, 2.45) is 11.8 Å². The third-order valence-electron chi connectivity index (χ3n) is 5.78. The number of benzene rings is 1. The van der Waals surface area contributed by atoms with Crippen LogP contribution in [0.25, 0.3) is 10.9 Å². The number of hydrogen-bond donors (Lipinski definition) is 2. The first-order valence-electron chi connectivity index (χ1n) is 9.88. The number of hydrogen-bond acceptors (Lipinski definition) is 1. The van der Waals surface area contributed by atoms with E-state index < -0.39 is 0 Å². The van der Waals surface area contributed by atoms with Gasteiger partial charge in [0.25, 0.3) is 0 Å². The SMILES string of the molecule is CC(C)CCCC(C)CCC1CCCc2[nH]c3cc(O)ccc3c21. The first-order valence-corrected chi connectivity index (χ1v) is 9.88. The van der Waals surface area contributed by atoms with Crippen LogP contribution in [0, 0.1) is 11.8 Å². The van der Waals surface area contributed by atoms with Crippen molar-refractivity contribution in [1.82, 2.24) is 4.98 Å². The van der Waals surface area contributed by atoms with Crippen LogP contribution in [-0.4, -0.2) is 10.1 Å². The van der Waals surface area contributed by atoms with Gasteiger partial charge in [-0.25, -0.2) is 0 Å². The molecular formula is C22H33NO. The maximum atomic E-state index is 9.73. The van der Waals surface area contributed by atoms with Crippen LogP contribution < -0.4 is 0 Å². The second-order valence-corrected chi connectivity index (χ2v) is 8.34. The summed E-state index contributed by atoms with van der Waals surface area (Å²) in [5, 5.41) is 11.1. The van der Waals surface area contributed by atoms with Gasteiger partial charge in [-0.15, -0.1) is 0 Å². The summed E-state index contributed by atoms with van der Waals surface area (Å²) in [4.78, 5) is 3.56. The van der Waals surface area contributed by atoms with E-state index in [9.17, 15) is 5.11 Å². The fourth-order valence-corrected chi connectivity index (χ4v) is 4.39. The maximum absolute atomic E-state index is 9.73. The number of aromatic hydroxyl groups is 1. The van der Waals surface area contributed by atoms with Gasteiger partial charge in [-0.3, -0.25) is 0 Å². The highest BCUT2D eigenvalue weighted by Gasteiger charge is 2.25. The number of aryl methyl sites for hydroxylation is 1. The molecule has 1 aliphatic carbocycles. The molecule has 2 unspecified atom stereocenters. The van der Waals surface area contributed by atoms with Gasteiger partial charge in [0.1, 0.15) is 5.75 Å². The Kier molecular flexibility index (Phi) is 5.53. The summed E-state index contributed by atoms with van der Waals surface area (Å²) in [5.41, 5.74) is 4.07. The highest BCUT2D eigenvalue weighted by atomic mass is 16.3. The molecule has 2 N–H and O–H groups in total. The number of phenolic OH excluding ortho intramolecular Hbond substituents is 1. The summed E-state index contributed by atoms with van der Waals surface area (Å²) in [6, 6.07) is 5.81. The Hall–Kier alpha value is -1.44. The van der Waals surface area contributed by atoms with Gasteiger partial charge < -0.3 is 10.1 Å². The van der Waals surface area contributed by atoms with Crippen molar-refractivity contribution in [3.63, 3.8) is 0 Å². The van der Waals surface area contributed by atoms with Crippen molar-refractivity contribution in [3.8, 4) is 5.75 Å². The number of phenols is 1. The summed E-state index contributed by atoms with van der Waals surface area (Å²) in [7, 11) is 0. The van der Waals surface area contributed by atoms with Gasteiger partial charge in [0, 0.05) is 22.7 Å². The first-order chi connectivity index (χ1) is 11.5. The Labute approximate surface area is 146 Å². The second kappa shape index (κ2) is 7.63. The van der Waals surface area contributed by atoms with E-state index in [1.54, 1.807) is 5.56 Å². The summed E-state index contributed by atoms with van der Waals surface area (Å²) in [5.74, 6) is 2.72. The van der Waals surface area contributed by atoms with Crippen LogP contribution in [0.1, 0.15) is 82.9 Å². The molecule has 2 aromatic rings. The molecule has 132 valence electrons. The smallest absolute Gasteiger partial charge is 0.117 e. The fourth-order valence-electron chi connectivity index (χ4n) is 4.39. The van der Waals surface area contributed by atoms with Crippen molar-refractivity contribution < 1.29 is 5.11 Å². The van der Waals surface area contributed by atoms with Crippen molar-refractivity contribution >= 4 is 10.9 Å². The van der Waals surface area contributed by atoms with Crippen LogP contribution in [-0.2, 0) is 6.42 Å². The van der Waals surface area contributed by atoms with Crippen LogP contribution in [0.4, 0.5) is 0 Å². The monoisotopic (exact) mass is 327 g/mol. The number of aromatic nitrogens is 1. The molecule has 0 aliphatic heterocycles. The number of nitrogens with one attached hydrogen (secondary N) is 1. The molecule has 0 bridgehead atoms. The largest absolute Gasteiger partial charge is 0.508 e. The lowest BCUT2D eigenvalue weighted by Gasteiger charge is -2.24. The van der Waals surface area contributed by atoms with Gasteiger partial charge in [-0.1, -0.05) is 46.5 Å². The van der Waals surface area contributed by atoms with Crippen LogP contribution in [0.5, 0.6) is 5.75 Å². The van der Waals surface area contributed by atoms with Crippen molar-refractivity contribution in [2.75, 3.05) is 0 Å². The van der Waals surface area contributed by atoms with E-state index in [1.807, 2.05) is 12.1 Å². The number of H-pyrrole nitrogens is 1. The van der Waals surface area contributed by atoms with Gasteiger partial charge in [-0.2, -0.15) is 0 Å². The van der Waals surface area contributed by atoms with Gasteiger partial charge in [0.05, 0.1) is 0 Å². The van der Waals surface area contributed by atoms with Crippen molar-refractivity contribution in [1.29, 1.82) is 0 Å². The quantitative estimate of drug-likeness (QED) is 0.595. The van der Waals surface area contributed by atoms with Gasteiger partial charge in [0.2, 0.25) is 0 Å². The summed E-state index contributed by atoms with van der Waals surface area (Å²) in [6.45, 7) is 7.07. The Morgan fingerprint density at radius 2 is 2.00 bits per heavy atom. The molecule has 0 fully saturated rings. The summed E-state index contributed by atoms with van der Waals surface area (Å²) < 4.78 is 0. The Morgan fingerprint density at radius 3 is 2.79 bits per heavy atom. The third-order valence-corrected chi connectivity index (χ3v) is 5.78. The van der Waals surface area contributed by atoms with Gasteiger partial charge in [0.15, 0.2) is 0 Å². The lowest BCUT2D eigenvalue weighted by Crippen LogP contribution is -2.10. The molecule has 24 heavy (non-hydrogen) atoms. The Morgan fingerprint density at radius 1 is 1.17 bits per heavy atom. The number of rotatable bonds is 7. The molecule has 0 spiro atoms. The molecule has 2 nitrogen and oxygen atoms in total. The molecule has 0 saturated carbocycles. The molecule has 1 aliphatic rings. The van der Waals surface area contributed by atoms with Gasteiger partial charge >= 0.3 is 0 Å². The predicted octanol–water partition coefficient (Wildman–Crippen LogP) is 6.54. The highest BCUT2D eigenvalue weighted by Crippen LogP contribution is 2.41. The molecule has 0 radical (unpaired) electrons. The minimum Gasteiger partial charge on any atom is -0.508 e. The van der Waals surface area contributed by atoms with Gasteiger partial charge in [-0.05, 0) is 61.1 Å². The van der Waals surface area contributed by atoms with Crippen molar-refractivity contribution in [3.05, 3.63) is 29.5 Å². The van der Waals surface area contributed by atoms with Crippen LogP contribution in [0.3, 0.4) is 0 Å². The minimum atomic E-state index is 0.358. The topological polar surface area (TPSA) is 36.0 Å². The van der Waals surface area contributed by atoms with E-state index in [2.05, 4.69) is 31.8 Å². The Balaban J connectivity index is 1.65. The van der Waals surface area contributed by atoms with E-state index in [0.717, 1.165) is 23.8 Å². The molecule has 2 heteroatoms. The average molecular weight is 328 g/mol. The number of fused-ring (bicyclic) bond motifs is 3. The molecule has 1 aromatic heterocycles. The Bertz CT molecular complexity index is 670. The zero-order valence-electron chi connectivity index (χ0n) is 15.6. The maximum Gasteiger partial charge on any atom is 0.117 e. The lowest BCUT2D eigenvalue weighted by molar-refractivity contribution is 0.397. The molecule has 0 amide bonds. The second-order valence-electron chi connectivity index (χ2n) is 8.34. The molecule has 3 rings (SSSR count). The standard InChI is InChI=1S/C22H33NO/c1-15(2)6-4-7-16(3)10-11-17-8-5-9-20-22(17)19-13-12-18(24)14-21(19)23-20/h12-17,23-24H,4-11H2,1-3H3. The van der Waals surface area contributed by atoms with Crippen LogP contribution >= 0.6 is 0 Å². The molecule has 1 aromatic carbocycles. The summed E-state index contributed by atoms with van der Waals surface area (Å²) in [6.07, 6.45) is 10.5. The average Bonchev–Trinajstić information content (AvgIpc) is 2.90. The number of aromatic amines is 1. The highest BCUT2D eigenvalue weighted by molar-refractivity contribution is 5.86.